The van der Waals surface area contributed by atoms with E-state index in [0.29, 0.717) is 30.3 Å². The maximum Gasteiger partial charge on any atom is 0.245 e. The number of benzene rings is 2. The maximum absolute atomic E-state index is 13.4. The van der Waals surface area contributed by atoms with Gasteiger partial charge in [-0.05, 0) is 67.1 Å². The number of hydrogen-bond donors (Lipinski definition) is 2. The molecule has 180 valence electrons. The summed E-state index contributed by atoms with van der Waals surface area (Å²) in [5.74, 6) is -0.00525. The summed E-state index contributed by atoms with van der Waals surface area (Å²) in [5.41, 5.74) is 4.25. The zero-order valence-electron chi connectivity index (χ0n) is 19.4. The Balaban J connectivity index is 1.30. The van der Waals surface area contributed by atoms with E-state index in [1.807, 2.05) is 31.2 Å². The third-order valence-electron chi connectivity index (χ3n) is 6.47. The van der Waals surface area contributed by atoms with Crippen LogP contribution in [0.1, 0.15) is 29.9 Å². The number of hydrogen-bond acceptors (Lipinski definition) is 6. The minimum absolute atomic E-state index is 0.158. The van der Waals surface area contributed by atoms with Crippen molar-refractivity contribution in [3.63, 3.8) is 0 Å². The van der Waals surface area contributed by atoms with E-state index in [0.717, 1.165) is 52.4 Å². The number of carbonyl (C=O) groups is 1. The number of aromatic nitrogens is 2. The van der Waals surface area contributed by atoms with Gasteiger partial charge in [0.1, 0.15) is 4.90 Å². The van der Waals surface area contributed by atoms with Gasteiger partial charge in [-0.2, -0.15) is 9.40 Å². The molecule has 10 heteroatoms. The van der Waals surface area contributed by atoms with Gasteiger partial charge in [0.05, 0.1) is 31.5 Å². The van der Waals surface area contributed by atoms with Crippen LogP contribution in [0.2, 0.25) is 0 Å². The number of carbonyl (C=O) groups excluding carboxylic acids is 1. The molecule has 1 aliphatic heterocycles. The molecule has 9 nitrogen and oxygen atoms in total. The lowest BCUT2D eigenvalue weighted by Gasteiger charge is -2.30. The Hall–Kier alpha value is -2.95. The summed E-state index contributed by atoms with van der Waals surface area (Å²) in [4.78, 5) is 15.2. The third kappa shape index (κ3) is 4.53. The molecule has 0 radical (unpaired) electrons. The van der Waals surface area contributed by atoms with Gasteiger partial charge < -0.3 is 15.0 Å². The number of sulfonamides is 1. The van der Waals surface area contributed by atoms with Crippen LogP contribution in [0.25, 0.3) is 10.9 Å². The van der Waals surface area contributed by atoms with Crippen LogP contribution in [0.15, 0.2) is 41.4 Å². The first-order valence-electron chi connectivity index (χ1n) is 11.5. The molecule has 2 aromatic carbocycles. The number of H-pyrrole nitrogens is 1. The Kier molecular flexibility index (Phi) is 6.05. The number of amides is 1. The van der Waals surface area contributed by atoms with Crippen molar-refractivity contribution in [1.29, 1.82) is 0 Å². The summed E-state index contributed by atoms with van der Waals surface area (Å²) in [6.07, 6.45) is 3.76. The number of nitrogens with one attached hydrogen (secondary N) is 2. The summed E-state index contributed by atoms with van der Waals surface area (Å²) in [6.45, 7) is 4.78. The Morgan fingerprint density at radius 1 is 1.24 bits per heavy atom. The van der Waals surface area contributed by atoms with Crippen molar-refractivity contribution in [2.45, 2.75) is 30.6 Å². The fourth-order valence-corrected chi connectivity index (χ4v) is 5.78. The van der Waals surface area contributed by atoms with Gasteiger partial charge in [-0.15, -0.1) is 0 Å². The molecular formula is C24H29N5O4S. The molecule has 1 aromatic heterocycles. The number of nitrogens with zero attached hydrogens (tertiary/aromatic N) is 3. The van der Waals surface area contributed by atoms with E-state index in [4.69, 9.17) is 4.74 Å². The molecule has 34 heavy (non-hydrogen) atoms. The van der Waals surface area contributed by atoms with Gasteiger partial charge in [0.25, 0.3) is 0 Å². The molecule has 2 fully saturated rings. The molecule has 1 saturated carbocycles. The largest absolute Gasteiger partial charge is 0.378 e. The zero-order chi connectivity index (χ0) is 23.9. The minimum Gasteiger partial charge on any atom is -0.378 e. The van der Waals surface area contributed by atoms with E-state index in [-0.39, 0.29) is 11.4 Å². The molecule has 0 atom stereocenters. The predicted octanol–water partition coefficient (Wildman–Crippen LogP) is 2.84. The van der Waals surface area contributed by atoms with Gasteiger partial charge >= 0.3 is 0 Å². The van der Waals surface area contributed by atoms with E-state index < -0.39 is 15.9 Å². The van der Waals surface area contributed by atoms with E-state index in [1.54, 1.807) is 12.3 Å². The van der Waals surface area contributed by atoms with Crippen molar-refractivity contribution in [3.05, 3.63) is 47.7 Å². The number of likely N-dealkylation sites (N-methyl/N-ethyl adjacent to an activating group) is 1. The van der Waals surface area contributed by atoms with Gasteiger partial charge in [-0.3, -0.25) is 9.89 Å². The number of aromatic amines is 1. The molecule has 0 unspecified atom stereocenters. The summed E-state index contributed by atoms with van der Waals surface area (Å²) >= 11 is 0. The lowest BCUT2D eigenvalue weighted by molar-refractivity contribution is -0.116. The highest BCUT2D eigenvalue weighted by Crippen LogP contribution is 2.42. The van der Waals surface area contributed by atoms with Crippen LogP contribution in [0.5, 0.6) is 0 Å². The lowest BCUT2D eigenvalue weighted by atomic mass is 10.1. The molecule has 0 spiro atoms. The summed E-state index contributed by atoms with van der Waals surface area (Å²) in [6, 6.07) is 9.44. The SMILES string of the molecule is Cc1cc(NC(=O)CN(C)S(=O)(=O)c2cc(C3CC3)cc3cn[nH]c23)ccc1N1CCOCC1. The summed E-state index contributed by atoms with van der Waals surface area (Å²) in [7, 11) is -2.47. The minimum atomic E-state index is -3.90. The van der Waals surface area contributed by atoms with E-state index in [1.165, 1.54) is 7.05 Å². The van der Waals surface area contributed by atoms with E-state index >= 15 is 0 Å². The van der Waals surface area contributed by atoms with Crippen molar-refractivity contribution >= 4 is 38.2 Å². The molecule has 2 N–H and O–H groups in total. The van der Waals surface area contributed by atoms with Crippen molar-refractivity contribution < 1.29 is 17.9 Å². The van der Waals surface area contributed by atoms with Crippen molar-refractivity contribution in [3.8, 4) is 0 Å². The highest BCUT2D eigenvalue weighted by atomic mass is 32.2. The molecule has 1 amide bonds. The van der Waals surface area contributed by atoms with Gasteiger partial charge in [-0.1, -0.05) is 0 Å². The molecule has 5 rings (SSSR count). The van der Waals surface area contributed by atoms with Gasteiger partial charge in [0, 0.05) is 36.9 Å². The first-order valence-corrected chi connectivity index (χ1v) is 12.9. The van der Waals surface area contributed by atoms with Gasteiger partial charge in [0.2, 0.25) is 15.9 Å². The van der Waals surface area contributed by atoms with Crippen LogP contribution in [0, 0.1) is 6.92 Å². The first kappa shape index (κ1) is 22.8. The van der Waals surface area contributed by atoms with Crippen LogP contribution >= 0.6 is 0 Å². The monoisotopic (exact) mass is 483 g/mol. The first-order chi connectivity index (χ1) is 16.3. The molecule has 2 aliphatic rings. The molecule has 0 bridgehead atoms. The average molecular weight is 484 g/mol. The predicted molar refractivity (Wildman–Crippen MR) is 131 cm³/mol. The number of morpholine rings is 1. The Bertz CT molecular complexity index is 1330. The van der Waals surface area contributed by atoms with E-state index in [2.05, 4.69) is 20.4 Å². The number of ether oxygens (including phenoxy) is 1. The maximum atomic E-state index is 13.4. The summed E-state index contributed by atoms with van der Waals surface area (Å²) < 4.78 is 33.3. The van der Waals surface area contributed by atoms with Crippen LogP contribution in [0.4, 0.5) is 11.4 Å². The highest BCUT2D eigenvalue weighted by Gasteiger charge is 2.30. The van der Waals surface area contributed by atoms with Crippen LogP contribution < -0.4 is 10.2 Å². The molecule has 1 saturated heterocycles. The highest BCUT2D eigenvalue weighted by molar-refractivity contribution is 7.89. The average Bonchev–Trinajstić information content (AvgIpc) is 3.56. The van der Waals surface area contributed by atoms with Crippen molar-refractivity contribution in [1.82, 2.24) is 14.5 Å². The number of rotatable bonds is 7. The lowest BCUT2D eigenvalue weighted by Crippen LogP contribution is -2.36. The molecular weight excluding hydrogens is 454 g/mol. The Labute approximate surface area is 199 Å². The normalized spacial score (nSPS) is 16.9. The van der Waals surface area contributed by atoms with Gasteiger partial charge in [-0.25, -0.2) is 8.42 Å². The van der Waals surface area contributed by atoms with Crippen molar-refractivity contribution in [2.75, 3.05) is 50.1 Å². The smallest absolute Gasteiger partial charge is 0.245 e. The topological polar surface area (TPSA) is 108 Å². The summed E-state index contributed by atoms with van der Waals surface area (Å²) in [5, 5.41) is 10.4. The fourth-order valence-electron chi connectivity index (χ4n) is 4.45. The van der Waals surface area contributed by atoms with E-state index in [9.17, 15) is 13.2 Å². The molecule has 1 aliphatic carbocycles. The number of anilines is 2. The third-order valence-corrected chi connectivity index (χ3v) is 8.30. The standard InChI is InChI=1S/C24H29N5O4S/c1-16-11-20(5-6-21(16)29-7-9-33-10-8-29)26-23(30)15-28(2)34(31,32)22-13-18(17-3-4-17)12-19-14-25-27-24(19)22/h5-6,11-14,17H,3-4,7-10,15H2,1-2H3,(H,25,27)(H,26,30). The Morgan fingerprint density at radius 3 is 2.71 bits per heavy atom. The number of fused-ring (bicyclic) bond motifs is 1. The fraction of sp³-hybridized carbons (Fsp3) is 0.417. The van der Waals surface area contributed by atoms with Gasteiger partial charge in [0.15, 0.2) is 0 Å². The number of aryl methyl sites for hydroxylation is 1. The van der Waals surface area contributed by atoms with Crippen LogP contribution in [-0.4, -0.2) is 68.7 Å². The van der Waals surface area contributed by atoms with Crippen LogP contribution in [-0.2, 0) is 19.6 Å². The second-order valence-electron chi connectivity index (χ2n) is 9.04. The van der Waals surface area contributed by atoms with Crippen LogP contribution in [0.3, 0.4) is 0 Å². The second kappa shape index (κ2) is 9.01. The Morgan fingerprint density at radius 2 is 2.00 bits per heavy atom. The van der Waals surface area contributed by atoms with Crippen molar-refractivity contribution in [2.24, 2.45) is 0 Å². The molecule has 2 heterocycles. The zero-order valence-corrected chi connectivity index (χ0v) is 20.2. The second-order valence-corrected chi connectivity index (χ2v) is 11.1. The molecule has 3 aromatic rings. The quantitative estimate of drug-likeness (QED) is 0.535.